The minimum Gasteiger partial charge on any atom is -0.477 e. The maximum absolute atomic E-state index is 11.1. The molecule has 0 atom stereocenters. The van der Waals surface area contributed by atoms with Crippen LogP contribution in [-0.2, 0) is 6.42 Å². The summed E-state index contributed by atoms with van der Waals surface area (Å²) in [5.41, 5.74) is 0.217. The molecule has 2 aromatic rings. The van der Waals surface area contributed by atoms with Crippen LogP contribution >= 0.6 is 0 Å². The first-order valence-corrected chi connectivity index (χ1v) is 6.29. The van der Waals surface area contributed by atoms with Crippen LogP contribution < -0.4 is 4.74 Å². The third-order valence-corrected chi connectivity index (χ3v) is 2.94. The van der Waals surface area contributed by atoms with Gasteiger partial charge in [0.1, 0.15) is 17.1 Å². The number of nitro benzene ring substituents is 1. The molecular formula is C15H13NO5. The molecule has 1 N–H and O–H groups in total. The van der Waals surface area contributed by atoms with E-state index in [4.69, 9.17) is 9.84 Å². The molecule has 2 aromatic carbocycles. The number of nitro groups is 1. The Balaban J connectivity index is 2.34. The number of nitrogens with zero attached hydrogens (tertiary/aromatic N) is 1. The average molecular weight is 287 g/mol. The van der Waals surface area contributed by atoms with Crippen LogP contribution in [0.25, 0.3) is 0 Å². The molecule has 0 heterocycles. The largest absolute Gasteiger partial charge is 0.477 e. The van der Waals surface area contributed by atoms with Crippen LogP contribution in [0.15, 0.2) is 42.5 Å². The Morgan fingerprint density at radius 3 is 2.57 bits per heavy atom. The summed E-state index contributed by atoms with van der Waals surface area (Å²) in [4.78, 5) is 21.1. The Morgan fingerprint density at radius 1 is 1.24 bits per heavy atom. The zero-order valence-corrected chi connectivity index (χ0v) is 11.3. The minimum absolute atomic E-state index is 0.242. The van der Waals surface area contributed by atoms with E-state index in [0.29, 0.717) is 5.75 Å². The van der Waals surface area contributed by atoms with E-state index in [1.54, 1.807) is 6.07 Å². The summed E-state index contributed by atoms with van der Waals surface area (Å²) >= 11 is 0. The minimum atomic E-state index is -1.37. The zero-order valence-electron chi connectivity index (χ0n) is 11.3. The van der Waals surface area contributed by atoms with Crippen molar-refractivity contribution in [2.45, 2.75) is 13.3 Å². The molecular weight excluding hydrogens is 274 g/mol. The van der Waals surface area contributed by atoms with Gasteiger partial charge in [0.15, 0.2) is 0 Å². The second kappa shape index (κ2) is 6.04. The van der Waals surface area contributed by atoms with Crippen molar-refractivity contribution in [2.75, 3.05) is 0 Å². The fourth-order valence-electron chi connectivity index (χ4n) is 1.87. The van der Waals surface area contributed by atoms with Crippen molar-refractivity contribution >= 4 is 11.7 Å². The lowest BCUT2D eigenvalue weighted by Gasteiger charge is -2.08. The molecule has 0 saturated carbocycles. The summed E-state index contributed by atoms with van der Waals surface area (Å²) in [6.45, 7) is 2.01. The normalized spacial score (nSPS) is 10.1. The van der Waals surface area contributed by atoms with E-state index in [-0.39, 0.29) is 5.75 Å². The Kier molecular flexibility index (Phi) is 4.18. The van der Waals surface area contributed by atoms with Crippen LogP contribution in [0.3, 0.4) is 0 Å². The standard InChI is InChI=1S/C15H13NO5/c1-2-10-4-3-5-11(8-10)21-12-6-7-14(16(19)20)13(9-12)15(17)18/h3-9H,2H2,1H3,(H,17,18). The van der Waals surface area contributed by atoms with Gasteiger partial charge in [-0.15, -0.1) is 0 Å². The SMILES string of the molecule is CCc1cccc(Oc2ccc([N+](=O)[O-])c(C(=O)O)c2)c1. The van der Waals surface area contributed by atoms with E-state index < -0.39 is 22.1 Å². The smallest absolute Gasteiger partial charge is 0.342 e. The van der Waals surface area contributed by atoms with Crippen LogP contribution in [0.5, 0.6) is 11.5 Å². The molecule has 0 radical (unpaired) electrons. The van der Waals surface area contributed by atoms with Gasteiger partial charge in [-0.3, -0.25) is 10.1 Å². The number of aromatic carboxylic acids is 1. The predicted molar refractivity (Wildman–Crippen MR) is 75.9 cm³/mol. The predicted octanol–water partition coefficient (Wildman–Crippen LogP) is 3.65. The van der Waals surface area contributed by atoms with E-state index in [0.717, 1.165) is 24.1 Å². The molecule has 0 aliphatic rings. The van der Waals surface area contributed by atoms with Gasteiger partial charge in [-0.2, -0.15) is 0 Å². The number of hydrogen-bond acceptors (Lipinski definition) is 4. The maximum atomic E-state index is 11.1. The molecule has 6 nitrogen and oxygen atoms in total. The molecule has 0 saturated heterocycles. The molecule has 2 rings (SSSR count). The highest BCUT2D eigenvalue weighted by atomic mass is 16.6. The lowest BCUT2D eigenvalue weighted by molar-refractivity contribution is -0.385. The first-order valence-electron chi connectivity index (χ1n) is 6.29. The summed E-state index contributed by atoms with van der Waals surface area (Å²) in [5, 5.41) is 19.8. The number of aryl methyl sites for hydroxylation is 1. The first-order chi connectivity index (χ1) is 10.0. The topological polar surface area (TPSA) is 89.7 Å². The van der Waals surface area contributed by atoms with Crippen LogP contribution in [0.2, 0.25) is 0 Å². The first kappa shape index (κ1) is 14.5. The van der Waals surface area contributed by atoms with E-state index in [9.17, 15) is 14.9 Å². The van der Waals surface area contributed by atoms with Gasteiger partial charge >= 0.3 is 5.97 Å². The van der Waals surface area contributed by atoms with Crippen molar-refractivity contribution in [3.05, 3.63) is 63.7 Å². The number of carboxylic acids is 1. The van der Waals surface area contributed by atoms with Gasteiger partial charge in [0.25, 0.3) is 5.69 Å². The third kappa shape index (κ3) is 3.36. The molecule has 0 aromatic heterocycles. The highest BCUT2D eigenvalue weighted by molar-refractivity contribution is 5.92. The molecule has 0 unspecified atom stereocenters. The van der Waals surface area contributed by atoms with Gasteiger partial charge in [0.05, 0.1) is 4.92 Å². The molecule has 0 aliphatic carbocycles. The third-order valence-electron chi connectivity index (χ3n) is 2.94. The summed E-state index contributed by atoms with van der Waals surface area (Å²) in [5.74, 6) is -0.569. The second-order valence-electron chi connectivity index (χ2n) is 4.34. The molecule has 0 fully saturated rings. The number of ether oxygens (including phenoxy) is 1. The van der Waals surface area contributed by atoms with Crippen molar-refractivity contribution in [1.82, 2.24) is 0 Å². The van der Waals surface area contributed by atoms with Crippen molar-refractivity contribution in [1.29, 1.82) is 0 Å². The second-order valence-corrected chi connectivity index (χ2v) is 4.34. The number of carbonyl (C=O) groups is 1. The fraction of sp³-hybridized carbons (Fsp3) is 0.133. The monoisotopic (exact) mass is 287 g/mol. The van der Waals surface area contributed by atoms with Crippen LogP contribution in [0, 0.1) is 10.1 Å². The average Bonchev–Trinajstić information content (AvgIpc) is 2.47. The molecule has 0 spiro atoms. The van der Waals surface area contributed by atoms with E-state index in [1.165, 1.54) is 6.07 Å². The Bertz CT molecular complexity index is 696. The Morgan fingerprint density at radius 2 is 1.95 bits per heavy atom. The molecule has 0 amide bonds. The van der Waals surface area contributed by atoms with Gasteiger partial charge in [-0.05, 0) is 30.2 Å². The summed E-state index contributed by atoms with van der Waals surface area (Å²) in [6.07, 6.45) is 0.845. The Hall–Kier alpha value is -2.89. The van der Waals surface area contributed by atoms with E-state index in [1.807, 2.05) is 25.1 Å². The number of rotatable bonds is 5. The van der Waals surface area contributed by atoms with Crippen LogP contribution in [0.4, 0.5) is 5.69 Å². The van der Waals surface area contributed by atoms with Gasteiger partial charge in [0, 0.05) is 12.1 Å². The zero-order chi connectivity index (χ0) is 15.4. The van der Waals surface area contributed by atoms with Crippen molar-refractivity contribution < 1.29 is 19.6 Å². The van der Waals surface area contributed by atoms with Crippen LogP contribution in [-0.4, -0.2) is 16.0 Å². The summed E-state index contributed by atoms with van der Waals surface area (Å²) in [7, 11) is 0. The van der Waals surface area contributed by atoms with Crippen LogP contribution in [0.1, 0.15) is 22.8 Å². The molecule has 108 valence electrons. The van der Waals surface area contributed by atoms with Gasteiger partial charge in [-0.25, -0.2) is 4.79 Å². The highest BCUT2D eigenvalue weighted by Crippen LogP contribution is 2.28. The highest BCUT2D eigenvalue weighted by Gasteiger charge is 2.20. The van der Waals surface area contributed by atoms with Gasteiger partial charge in [0.2, 0.25) is 0 Å². The quantitative estimate of drug-likeness (QED) is 0.669. The number of benzene rings is 2. The molecule has 0 aliphatic heterocycles. The molecule has 6 heteroatoms. The van der Waals surface area contributed by atoms with Crippen molar-refractivity contribution in [2.24, 2.45) is 0 Å². The summed E-state index contributed by atoms with van der Waals surface area (Å²) < 4.78 is 5.56. The fourth-order valence-corrected chi connectivity index (χ4v) is 1.87. The number of hydrogen-bond donors (Lipinski definition) is 1. The lowest BCUT2D eigenvalue weighted by atomic mass is 10.1. The molecule has 0 bridgehead atoms. The van der Waals surface area contributed by atoms with E-state index in [2.05, 4.69) is 0 Å². The number of carboxylic acid groups (broad SMARTS) is 1. The Labute approximate surface area is 120 Å². The molecule has 21 heavy (non-hydrogen) atoms. The van der Waals surface area contributed by atoms with Gasteiger partial charge < -0.3 is 9.84 Å². The van der Waals surface area contributed by atoms with Crippen molar-refractivity contribution in [3.8, 4) is 11.5 Å². The summed E-state index contributed by atoms with van der Waals surface area (Å²) in [6, 6.07) is 11.0. The maximum Gasteiger partial charge on any atom is 0.342 e. The van der Waals surface area contributed by atoms with Crippen molar-refractivity contribution in [3.63, 3.8) is 0 Å². The van der Waals surface area contributed by atoms with E-state index >= 15 is 0 Å². The van der Waals surface area contributed by atoms with Gasteiger partial charge in [-0.1, -0.05) is 19.1 Å². The lowest BCUT2D eigenvalue weighted by Crippen LogP contribution is -2.02.